The predicted molar refractivity (Wildman–Crippen MR) is 62.0 cm³/mol. The van der Waals surface area contributed by atoms with Crippen molar-refractivity contribution in [2.24, 2.45) is 5.73 Å². The molecule has 0 spiro atoms. The van der Waals surface area contributed by atoms with Crippen LogP contribution in [-0.4, -0.2) is 23.1 Å². The van der Waals surface area contributed by atoms with Gasteiger partial charge in [-0.2, -0.15) is 0 Å². The summed E-state index contributed by atoms with van der Waals surface area (Å²) in [5.74, 6) is 1.35. The zero-order valence-electron chi connectivity index (χ0n) is 8.65. The van der Waals surface area contributed by atoms with Crippen LogP contribution in [0.1, 0.15) is 30.1 Å². The summed E-state index contributed by atoms with van der Waals surface area (Å²) in [6.45, 7) is 2.62. The van der Waals surface area contributed by atoms with Gasteiger partial charge in [0.2, 0.25) is 0 Å². The molecule has 0 amide bonds. The van der Waals surface area contributed by atoms with Crippen molar-refractivity contribution < 1.29 is 0 Å². The highest BCUT2D eigenvalue weighted by Gasteiger charge is 2.15. The maximum Gasteiger partial charge on any atom is 0.141 e. The maximum atomic E-state index is 5.44. The number of nitrogens with zero attached hydrogens (tertiary/aromatic N) is 2. The lowest BCUT2D eigenvalue weighted by molar-refractivity contribution is 0.458. The second-order valence-electron chi connectivity index (χ2n) is 3.66. The summed E-state index contributed by atoms with van der Waals surface area (Å²) in [6.07, 6.45) is 6.22. The van der Waals surface area contributed by atoms with Gasteiger partial charge in [-0.15, -0.1) is 12.4 Å². The average molecular weight is 229 g/mol. The molecule has 1 aliphatic heterocycles. The first-order chi connectivity index (χ1) is 6.90. The van der Waals surface area contributed by atoms with E-state index in [2.05, 4.69) is 15.3 Å². The highest BCUT2D eigenvalue weighted by Crippen LogP contribution is 2.23. The summed E-state index contributed by atoms with van der Waals surface area (Å²) >= 11 is 0. The van der Waals surface area contributed by atoms with Crippen LogP contribution < -0.4 is 11.1 Å². The van der Waals surface area contributed by atoms with Gasteiger partial charge in [-0.25, -0.2) is 9.97 Å². The first kappa shape index (κ1) is 12.4. The van der Waals surface area contributed by atoms with Gasteiger partial charge in [0.1, 0.15) is 5.82 Å². The molecule has 1 aromatic rings. The Kier molecular flexibility index (Phi) is 4.94. The zero-order chi connectivity index (χ0) is 9.80. The van der Waals surface area contributed by atoms with Crippen molar-refractivity contribution in [3.05, 3.63) is 23.8 Å². The third-order valence-electron chi connectivity index (χ3n) is 2.72. The fourth-order valence-electron chi connectivity index (χ4n) is 1.84. The summed E-state index contributed by atoms with van der Waals surface area (Å²) in [7, 11) is 0. The maximum absolute atomic E-state index is 5.44. The van der Waals surface area contributed by atoms with Gasteiger partial charge in [-0.05, 0) is 37.4 Å². The lowest BCUT2D eigenvalue weighted by atomic mass is 9.92. The fraction of sp³-hybridized carbons (Fsp3) is 0.600. The molecule has 2 heterocycles. The number of hydrogen-bond acceptors (Lipinski definition) is 4. The van der Waals surface area contributed by atoms with Gasteiger partial charge in [-0.1, -0.05) is 0 Å². The molecule has 0 bridgehead atoms. The standard InChI is InChI=1S/C10H16N4.ClH/c11-5-10-13-6-9(7-14-10)8-1-3-12-4-2-8;/h6-8,12H,1-5,11H2;1H. The highest BCUT2D eigenvalue weighted by atomic mass is 35.5. The van der Waals surface area contributed by atoms with Crippen LogP contribution in [0.3, 0.4) is 0 Å². The SMILES string of the molecule is Cl.NCc1ncc(C2CCNCC2)cn1. The molecule has 5 heteroatoms. The monoisotopic (exact) mass is 228 g/mol. The molecule has 1 saturated heterocycles. The minimum atomic E-state index is 0. The molecule has 0 unspecified atom stereocenters. The third kappa shape index (κ3) is 3.12. The first-order valence-electron chi connectivity index (χ1n) is 5.12. The van der Waals surface area contributed by atoms with Crippen molar-refractivity contribution in [3.8, 4) is 0 Å². The average Bonchev–Trinajstić information content (AvgIpc) is 2.30. The van der Waals surface area contributed by atoms with Gasteiger partial charge in [0.25, 0.3) is 0 Å². The van der Waals surface area contributed by atoms with E-state index in [4.69, 9.17) is 5.73 Å². The Balaban J connectivity index is 0.00000112. The molecule has 0 radical (unpaired) electrons. The van der Waals surface area contributed by atoms with Crippen molar-refractivity contribution in [2.45, 2.75) is 25.3 Å². The van der Waals surface area contributed by atoms with Crippen LogP contribution in [0.4, 0.5) is 0 Å². The molecule has 1 aromatic heterocycles. The van der Waals surface area contributed by atoms with Crippen LogP contribution in [0.15, 0.2) is 12.4 Å². The van der Waals surface area contributed by atoms with Crippen molar-refractivity contribution >= 4 is 12.4 Å². The van der Waals surface area contributed by atoms with Gasteiger partial charge in [0.15, 0.2) is 0 Å². The zero-order valence-corrected chi connectivity index (χ0v) is 9.46. The Bertz CT molecular complexity index is 282. The van der Waals surface area contributed by atoms with Crippen LogP contribution in [0.2, 0.25) is 0 Å². The lowest BCUT2D eigenvalue weighted by Crippen LogP contribution is -2.26. The van der Waals surface area contributed by atoms with E-state index in [1.165, 1.54) is 18.4 Å². The quantitative estimate of drug-likeness (QED) is 0.787. The molecular weight excluding hydrogens is 212 g/mol. The van der Waals surface area contributed by atoms with Crippen LogP contribution in [0, 0.1) is 0 Å². The Labute approximate surface area is 96.1 Å². The molecule has 0 aliphatic carbocycles. The molecular formula is C10H17ClN4. The van der Waals surface area contributed by atoms with Gasteiger partial charge in [0.05, 0.1) is 6.54 Å². The van der Waals surface area contributed by atoms with Crippen molar-refractivity contribution in [3.63, 3.8) is 0 Å². The minimum Gasteiger partial charge on any atom is -0.324 e. The van der Waals surface area contributed by atoms with Gasteiger partial charge < -0.3 is 11.1 Å². The molecule has 3 N–H and O–H groups in total. The van der Waals surface area contributed by atoms with E-state index < -0.39 is 0 Å². The highest BCUT2D eigenvalue weighted by molar-refractivity contribution is 5.85. The Morgan fingerprint density at radius 3 is 2.40 bits per heavy atom. The molecule has 0 atom stereocenters. The molecule has 0 saturated carbocycles. The van der Waals surface area contributed by atoms with Crippen LogP contribution in [-0.2, 0) is 6.54 Å². The number of aromatic nitrogens is 2. The second kappa shape index (κ2) is 6.00. The van der Waals surface area contributed by atoms with Crippen LogP contribution in [0.5, 0.6) is 0 Å². The first-order valence-corrected chi connectivity index (χ1v) is 5.12. The van der Waals surface area contributed by atoms with Crippen LogP contribution in [0.25, 0.3) is 0 Å². The number of nitrogens with two attached hydrogens (primary N) is 1. The third-order valence-corrected chi connectivity index (χ3v) is 2.72. The van der Waals surface area contributed by atoms with E-state index in [0.29, 0.717) is 12.5 Å². The molecule has 84 valence electrons. The minimum absolute atomic E-state index is 0. The normalized spacial score (nSPS) is 17.1. The van der Waals surface area contributed by atoms with Crippen molar-refractivity contribution in [1.29, 1.82) is 0 Å². The summed E-state index contributed by atoms with van der Waals surface area (Å²) in [6, 6.07) is 0. The van der Waals surface area contributed by atoms with Crippen molar-refractivity contribution in [2.75, 3.05) is 13.1 Å². The van der Waals surface area contributed by atoms with Gasteiger partial charge in [-0.3, -0.25) is 0 Å². The smallest absolute Gasteiger partial charge is 0.141 e. The summed E-state index contributed by atoms with van der Waals surface area (Å²) < 4.78 is 0. The Morgan fingerprint density at radius 2 is 1.87 bits per heavy atom. The number of hydrogen-bond donors (Lipinski definition) is 2. The van der Waals surface area contributed by atoms with E-state index in [1.54, 1.807) is 0 Å². The second-order valence-corrected chi connectivity index (χ2v) is 3.66. The molecule has 2 rings (SSSR count). The molecule has 4 nitrogen and oxygen atoms in total. The van der Waals surface area contributed by atoms with E-state index in [-0.39, 0.29) is 12.4 Å². The summed E-state index contributed by atoms with van der Waals surface area (Å²) in [4.78, 5) is 8.43. The van der Waals surface area contributed by atoms with Crippen LogP contribution >= 0.6 is 12.4 Å². The van der Waals surface area contributed by atoms with E-state index in [9.17, 15) is 0 Å². The number of rotatable bonds is 2. The van der Waals surface area contributed by atoms with Crippen molar-refractivity contribution in [1.82, 2.24) is 15.3 Å². The molecule has 0 aromatic carbocycles. The Morgan fingerprint density at radius 1 is 1.27 bits per heavy atom. The topological polar surface area (TPSA) is 63.8 Å². The fourth-order valence-corrected chi connectivity index (χ4v) is 1.84. The number of piperidine rings is 1. The van der Waals surface area contributed by atoms with E-state index >= 15 is 0 Å². The summed E-state index contributed by atoms with van der Waals surface area (Å²) in [5.41, 5.74) is 6.70. The largest absolute Gasteiger partial charge is 0.324 e. The van der Waals surface area contributed by atoms with Gasteiger partial charge >= 0.3 is 0 Å². The van der Waals surface area contributed by atoms with E-state index in [0.717, 1.165) is 18.9 Å². The number of halogens is 1. The molecule has 1 fully saturated rings. The predicted octanol–water partition coefficient (Wildman–Crippen LogP) is 0.824. The Hall–Kier alpha value is -0.710. The number of nitrogens with one attached hydrogen (secondary N) is 1. The van der Waals surface area contributed by atoms with Gasteiger partial charge in [0, 0.05) is 12.4 Å². The summed E-state index contributed by atoms with van der Waals surface area (Å²) in [5, 5.41) is 3.35. The molecule has 1 aliphatic rings. The lowest BCUT2D eigenvalue weighted by Gasteiger charge is -2.22. The molecule has 15 heavy (non-hydrogen) atoms. The van der Waals surface area contributed by atoms with E-state index in [1.807, 2.05) is 12.4 Å².